The molecule has 0 saturated carbocycles. The second kappa shape index (κ2) is 4.16. The zero-order chi connectivity index (χ0) is 9.84. The minimum absolute atomic E-state index is 0.133. The Morgan fingerprint density at radius 2 is 2.00 bits per heavy atom. The van der Waals surface area contributed by atoms with Gasteiger partial charge in [0.2, 0.25) is 0 Å². The highest BCUT2D eigenvalue weighted by molar-refractivity contribution is 5.29. The molecule has 0 aliphatic carbocycles. The van der Waals surface area contributed by atoms with E-state index in [-0.39, 0.29) is 5.75 Å². The van der Waals surface area contributed by atoms with Crippen molar-refractivity contribution >= 4 is 0 Å². The van der Waals surface area contributed by atoms with Crippen molar-refractivity contribution in [3.63, 3.8) is 0 Å². The molecule has 1 aromatic carbocycles. The first-order chi connectivity index (χ1) is 6.11. The lowest BCUT2D eigenvalue weighted by Gasteiger charge is -2.05. The van der Waals surface area contributed by atoms with Crippen LogP contribution in [-0.2, 0) is 6.42 Å². The van der Waals surface area contributed by atoms with Gasteiger partial charge in [-0.05, 0) is 24.1 Å². The minimum atomic E-state index is -2.91. The Morgan fingerprint density at radius 1 is 1.31 bits per heavy atom. The Labute approximate surface area is 74.1 Å². The largest absolute Gasteiger partial charge is 0.435 e. The number of alkyl halides is 2. The molecule has 0 N–H and O–H groups in total. The first kappa shape index (κ1) is 9.89. The first-order valence-electron chi connectivity index (χ1n) is 3.86. The van der Waals surface area contributed by atoms with Gasteiger partial charge in [0.1, 0.15) is 11.6 Å². The molecule has 0 saturated heterocycles. The zero-order valence-corrected chi connectivity index (χ0v) is 7.06. The maximum absolute atomic E-state index is 12.7. The lowest BCUT2D eigenvalue weighted by atomic mass is 10.1. The van der Waals surface area contributed by atoms with Crippen LogP contribution in [0, 0.1) is 5.82 Å². The average Bonchev–Trinajstić information content (AvgIpc) is 2.01. The predicted molar refractivity (Wildman–Crippen MR) is 42.4 cm³/mol. The molecule has 72 valence electrons. The molecule has 13 heavy (non-hydrogen) atoms. The number of ether oxygens (including phenoxy) is 1. The fraction of sp³-hybridized carbons (Fsp3) is 0.333. The molecule has 0 heterocycles. The van der Waals surface area contributed by atoms with Gasteiger partial charge in [0.25, 0.3) is 0 Å². The van der Waals surface area contributed by atoms with Gasteiger partial charge >= 0.3 is 6.61 Å². The molecule has 1 rings (SSSR count). The lowest BCUT2D eigenvalue weighted by Crippen LogP contribution is -2.02. The van der Waals surface area contributed by atoms with E-state index in [9.17, 15) is 13.2 Å². The van der Waals surface area contributed by atoms with Gasteiger partial charge in [0, 0.05) is 6.07 Å². The van der Waals surface area contributed by atoms with Crippen molar-refractivity contribution in [2.75, 3.05) is 0 Å². The summed E-state index contributed by atoms with van der Waals surface area (Å²) in [6.45, 7) is -1.10. The van der Waals surface area contributed by atoms with Crippen LogP contribution in [0.4, 0.5) is 13.2 Å². The number of rotatable bonds is 3. The second-order valence-electron chi connectivity index (χ2n) is 2.53. The van der Waals surface area contributed by atoms with Crippen LogP contribution in [-0.4, -0.2) is 6.61 Å². The van der Waals surface area contributed by atoms with Crippen LogP contribution in [0.2, 0.25) is 0 Å². The topological polar surface area (TPSA) is 9.23 Å². The maximum atomic E-state index is 12.7. The molecular weight excluding hydrogens is 181 g/mol. The van der Waals surface area contributed by atoms with E-state index < -0.39 is 12.4 Å². The van der Waals surface area contributed by atoms with E-state index in [1.54, 1.807) is 6.92 Å². The quantitative estimate of drug-likeness (QED) is 0.711. The molecule has 0 radical (unpaired) electrons. The van der Waals surface area contributed by atoms with Gasteiger partial charge in [-0.15, -0.1) is 0 Å². The van der Waals surface area contributed by atoms with Crippen molar-refractivity contribution in [2.45, 2.75) is 20.0 Å². The molecule has 0 aromatic heterocycles. The minimum Gasteiger partial charge on any atom is -0.435 e. The zero-order valence-electron chi connectivity index (χ0n) is 7.06. The molecule has 1 nitrogen and oxygen atoms in total. The van der Waals surface area contributed by atoms with E-state index >= 15 is 0 Å². The average molecular weight is 190 g/mol. The summed E-state index contributed by atoms with van der Waals surface area (Å²) in [6.07, 6.45) is 0.581. The van der Waals surface area contributed by atoms with Crippen molar-refractivity contribution in [2.24, 2.45) is 0 Å². The summed E-state index contributed by atoms with van der Waals surface area (Å²) < 4.78 is 40.3. The Balaban J connectivity index is 2.88. The highest BCUT2D eigenvalue weighted by Gasteiger charge is 2.06. The van der Waals surface area contributed by atoms with E-state index in [0.29, 0.717) is 12.0 Å². The third-order valence-corrected chi connectivity index (χ3v) is 1.56. The fourth-order valence-corrected chi connectivity index (χ4v) is 0.996. The van der Waals surface area contributed by atoms with Crippen LogP contribution >= 0.6 is 0 Å². The molecule has 0 atom stereocenters. The van der Waals surface area contributed by atoms with Crippen LogP contribution in [0.3, 0.4) is 0 Å². The molecule has 0 amide bonds. The summed E-state index contributed by atoms with van der Waals surface area (Å²) in [6, 6.07) is 3.62. The van der Waals surface area contributed by atoms with Crippen LogP contribution in [0.25, 0.3) is 0 Å². The number of benzene rings is 1. The Bertz CT molecular complexity index is 286. The van der Waals surface area contributed by atoms with Crippen LogP contribution in [0.1, 0.15) is 12.5 Å². The molecule has 1 aromatic rings. The fourth-order valence-electron chi connectivity index (χ4n) is 0.996. The van der Waals surface area contributed by atoms with Crippen LogP contribution < -0.4 is 4.74 Å². The molecule has 0 spiro atoms. The number of halogens is 3. The lowest BCUT2D eigenvalue weighted by molar-refractivity contribution is -0.0500. The second-order valence-corrected chi connectivity index (χ2v) is 2.53. The Morgan fingerprint density at radius 3 is 2.54 bits per heavy atom. The SMILES string of the molecule is CCc1cc(F)cc(OC(F)F)c1. The van der Waals surface area contributed by atoms with Gasteiger partial charge < -0.3 is 4.74 Å². The third-order valence-electron chi connectivity index (χ3n) is 1.56. The van der Waals surface area contributed by atoms with Gasteiger partial charge in [0.05, 0.1) is 0 Å². The number of aryl methyl sites for hydroxylation is 1. The summed E-state index contributed by atoms with van der Waals surface area (Å²) in [5.41, 5.74) is 0.635. The van der Waals surface area contributed by atoms with Crippen molar-refractivity contribution in [1.29, 1.82) is 0 Å². The number of hydrogen-bond acceptors (Lipinski definition) is 1. The highest BCUT2D eigenvalue weighted by atomic mass is 19.3. The van der Waals surface area contributed by atoms with E-state index in [4.69, 9.17) is 0 Å². The van der Waals surface area contributed by atoms with Crippen molar-refractivity contribution < 1.29 is 17.9 Å². The van der Waals surface area contributed by atoms with Gasteiger partial charge in [-0.1, -0.05) is 6.92 Å². The molecule has 4 heteroatoms. The molecular formula is C9H9F3O. The van der Waals surface area contributed by atoms with E-state index in [1.807, 2.05) is 0 Å². The Hall–Kier alpha value is -1.19. The van der Waals surface area contributed by atoms with Gasteiger partial charge in [-0.3, -0.25) is 0 Å². The maximum Gasteiger partial charge on any atom is 0.387 e. The van der Waals surface area contributed by atoms with Gasteiger partial charge in [-0.2, -0.15) is 8.78 Å². The molecule has 0 fully saturated rings. The van der Waals surface area contributed by atoms with Crippen LogP contribution in [0.15, 0.2) is 18.2 Å². The summed E-state index contributed by atoms with van der Waals surface area (Å²) in [7, 11) is 0. The Kier molecular flexibility index (Phi) is 3.17. The van der Waals surface area contributed by atoms with E-state index in [1.165, 1.54) is 12.1 Å². The summed E-state index contributed by atoms with van der Waals surface area (Å²) in [5, 5.41) is 0. The van der Waals surface area contributed by atoms with Gasteiger partial charge in [0.15, 0.2) is 0 Å². The van der Waals surface area contributed by atoms with E-state index in [2.05, 4.69) is 4.74 Å². The summed E-state index contributed by atoms with van der Waals surface area (Å²) in [4.78, 5) is 0. The molecule has 0 aliphatic rings. The molecule has 0 aliphatic heterocycles. The first-order valence-corrected chi connectivity index (χ1v) is 3.86. The third kappa shape index (κ3) is 2.97. The summed E-state index contributed by atoms with van der Waals surface area (Å²) in [5.74, 6) is -0.693. The number of hydrogen-bond donors (Lipinski definition) is 0. The van der Waals surface area contributed by atoms with Gasteiger partial charge in [-0.25, -0.2) is 4.39 Å². The molecule has 0 unspecified atom stereocenters. The smallest absolute Gasteiger partial charge is 0.387 e. The highest BCUT2D eigenvalue weighted by Crippen LogP contribution is 2.18. The standard InChI is InChI=1S/C9H9F3O/c1-2-6-3-7(10)5-8(4-6)13-9(11)12/h3-5,9H,2H2,1H3. The van der Waals surface area contributed by atoms with Crippen molar-refractivity contribution in [3.05, 3.63) is 29.6 Å². The van der Waals surface area contributed by atoms with Crippen LogP contribution in [0.5, 0.6) is 5.75 Å². The molecule has 0 bridgehead atoms. The normalized spacial score (nSPS) is 10.5. The van der Waals surface area contributed by atoms with Crippen molar-refractivity contribution in [1.82, 2.24) is 0 Å². The predicted octanol–water partition coefficient (Wildman–Crippen LogP) is 2.99. The monoisotopic (exact) mass is 190 g/mol. The van der Waals surface area contributed by atoms with Crippen molar-refractivity contribution in [3.8, 4) is 5.75 Å². The summed E-state index contributed by atoms with van der Waals surface area (Å²) >= 11 is 0. The van der Waals surface area contributed by atoms with E-state index in [0.717, 1.165) is 6.07 Å².